The maximum atomic E-state index is 13.7. The molecule has 0 saturated heterocycles. The van der Waals surface area contributed by atoms with E-state index in [1.807, 2.05) is 0 Å². The van der Waals surface area contributed by atoms with Crippen molar-refractivity contribution < 1.29 is 22.4 Å². The quantitative estimate of drug-likeness (QED) is 0.379. The number of hydrogen-bond acceptors (Lipinski definition) is 4. The van der Waals surface area contributed by atoms with Crippen molar-refractivity contribution >= 4 is 50.7 Å². The second kappa shape index (κ2) is 12.4. The van der Waals surface area contributed by atoms with Gasteiger partial charge in [0.2, 0.25) is 11.8 Å². The Balaban J connectivity index is 2.04. The van der Waals surface area contributed by atoms with E-state index in [1.165, 1.54) is 66.4 Å². The molecule has 2 amide bonds. The lowest BCUT2D eigenvalue weighted by Gasteiger charge is -2.32. The van der Waals surface area contributed by atoms with Crippen molar-refractivity contribution in [3.63, 3.8) is 0 Å². The highest BCUT2D eigenvalue weighted by Crippen LogP contribution is 2.33. The standard InChI is InChI=1S/C26H26Cl2FN3O4S/c1-3-30-26(34)18(2)31(16-19-9-12-21(29)13-10-19)25(33)17-32(24-14-11-20(27)15-23(24)28)37(35,36)22-7-5-4-6-8-22/h4-15,18H,3,16-17H2,1-2H3,(H,30,34). The molecule has 3 rings (SSSR count). The van der Waals surface area contributed by atoms with Crippen molar-refractivity contribution in [1.82, 2.24) is 10.2 Å². The Morgan fingerprint density at radius 3 is 2.24 bits per heavy atom. The number of carbonyl (C=O) groups excluding carboxylic acids is 2. The van der Waals surface area contributed by atoms with Gasteiger partial charge in [-0.25, -0.2) is 12.8 Å². The summed E-state index contributed by atoms with van der Waals surface area (Å²) in [5.41, 5.74) is 0.614. The number of halogens is 3. The molecule has 37 heavy (non-hydrogen) atoms. The van der Waals surface area contributed by atoms with E-state index in [1.54, 1.807) is 25.1 Å². The van der Waals surface area contributed by atoms with E-state index in [4.69, 9.17) is 23.2 Å². The average Bonchev–Trinajstić information content (AvgIpc) is 2.87. The second-order valence-electron chi connectivity index (χ2n) is 8.14. The molecule has 3 aromatic carbocycles. The molecule has 1 N–H and O–H groups in total. The summed E-state index contributed by atoms with van der Waals surface area (Å²) in [7, 11) is -4.24. The van der Waals surface area contributed by atoms with Gasteiger partial charge in [-0.05, 0) is 61.9 Å². The lowest BCUT2D eigenvalue weighted by atomic mass is 10.1. The van der Waals surface area contributed by atoms with E-state index in [0.29, 0.717) is 17.1 Å². The zero-order valence-electron chi connectivity index (χ0n) is 20.2. The highest BCUT2D eigenvalue weighted by molar-refractivity contribution is 7.92. The summed E-state index contributed by atoms with van der Waals surface area (Å²) in [6.07, 6.45) is 0. The molecule has 1 unspecified atom stereocenters. The number of hydrogen-bond donors (Lipinski definition) is 1. The minimum absolute atomic E-state index is 0.0293. The second-order valence-corrected chi connectivity index (χ2v) is 10.8. The molecule has 7 nitrogen and oxygen atoms in total. The van der Waals surface area contributed by atoms with Crippen LogP contribution in [0.15, 0.2) is 77.7 Å². The first-order valence-corrected chi connectivity index (χ1v) is 13.6. The number of likely N-dealkylation sites (N-methyl/N-ethyl adjacent to an activating group) is 1. The van der Waals surface area contributed by atoms with Crippen LogP contribution in [-0.2, 0) is 26.2 Å². The monoisotopic (exact) mass is 565 g/mol. The highest BCUT2D eigenvalue weighted by Gasteiger charge is 2.33. The van der Waals surface area contributed by atoms with Gasteiger partial charge in [0.25, 0.3) is 10.0 Å². The molecule has 0 spiro atoms. The van der Waals surface area contributed by atoms with Crippen LogP contribution in [0.3, 0.4) is 0 Å². The maximum absolute atomic E-state index is 13.7. The fraction of sp³-hybridized carbons (Fsp3) is 0.231. The zero-order valence-corrected chi connectivity index (χ0v) is 22.5. The van der Waals surface area contributed by atoms with Gasteiger partial charge in [0.05, 0.1) is 15.6 Å². The van der Waals surface area contributed by atoms with Crippen LogP contribution in [0, 0.1) is 5.82 Å². The Morgan fingerprint density at radius 2 is 1.65 bits per heavy atom. The summed E-state index contributed by atoms with van der Waals surface area (Å²) in [5.74, 6) is -1.52. The number of sulfonamides is 1. The highest BCUT2D eigenvalue weighted by atomic mass is 35.5. The normalized spacial score (nSPS) is 12.0. The minimum Gasteiger partial charge on any atom is -0.355 e. The van der Waals surface area contributed by atoms with Gasteiger partial charge < -0.3 is 10.2 Å². The molecule has 1 atom stereocenters. The molecule has 0 radical (unpaired) electrons. The van der Waals surface area contributed by atoms with Crippen molar-refractivity contribution in [3.8, 4) is 0 Å². The number of carbonyl (C=O) groups is 2. The van der Waals surface area contributed by atoms with Gasteiger partial charge in [0.1, 0.15) is 18.4 Å². The Bertz CT molecular complexity index is 1360. The van der Waals surface area contributed by atoms with E-state index in [0.717, 1.165) is 4.31 Å². The van der Waals surface area contributed by atoms with Crippen LogP contribution in [0.25, 0.3) is 0 Å². The summed E-state index contributed by atoms with van der Waals surface area (Å²) >= 11 is 12.4. The third-order valence-electron chi connectivity index (χ3n) is 5.57. The summed E-state index contributed by atoms with van der Waals surface area (Å²) < 4.78 is 41.7. The third kappa shape index (κ3) is 7.00. The molecule has 0 aliphatic rings. The van der Waals surface area contributed by atoms with E-state index in [-0.39, 0.29) is 22.2 Å². The Morgan fingerprint density at radius 1 is 1.00 bits per heavy atom. The number of anilines is 1. The Labute approximate surface area is 225 Å². The van der Waals surface area contributed by atoms with Crippen molar-refractivity contribution in [1.29, 1.82) is 0 Å². The molecule has 11 heteroatoms. The summed E-state index contributed by atoms with van der Waals surface area (Å²) in [4.78, 5) is 27.6. The number of benzene rings is 3. The van der Waals surface area contributed by atoms with Crippen LogP contribution in [0.5, 0.6) is 0 Å². The van der Waals surface area contributed by atoms with Crippen molar-refractivity contribution in [2.24, 2.45) is 0 Å². The largest absolute Gasteiger partial charge is 0.355 e. The van der Waals surface area contributed by atoms with Crippen LogP contribution in [0.2, 0.25) is 10.0 Å². The number of nitrogens with one attached hydrogen (secondary N) is 1. The van der Waals surface area contributed by atoms with Gasteiger partial charge >= 0.3 is 0 Å². The van der Waals surface area contributed by atoms with Crippen molar-refractivity contribution in [2.45, 2.75) is 31.3 Å². The molecule has 0 heterocycles. The molecular formula is C26H26Cl2FN3O4S. The molecule has 196 valence electrons. The van der Waals surface area contributed by atoms with Crippen LogP contribution < -0.4 is 9.62 Å². The number of nitrogens with zero attached hydrogens (tertiary/aromatic N) is 2. The van der Waals surface area contributed by atoms with Gasteiger partial charge in [-0.3, -0.25) is 13.9 Å². The first-order chi connectivity index (χ1) is 17.5. The van der Waals surface area contributed by atoms with Crippen LogP contribution in [0.4, 0.5) is 10.1 Å². The molecule has 0 aromatic heterocycles. The van der Waals surface area contributed by atoms with E-state index in [2.05, 4.69) is 5.32 Å². The summed E-state index contributed by atoms with van der Waals surface area (Å²) in [5, 5.41) is 2.99. The lowest BCUT2D eigenvalue weighted by molar-refractivity contribution is -0.139. The minimum atomic E-state index is -4.24. The molecule has 0 aliphatic carbocycles. The first kappa shape index (κ1) is 28.4. The predicted octanol–water partition coefficient (Wildman–Crippen LogP) is 4.88. The van der Waals surface area contributed by atoms with Crippen LogP contribution in [0.1, 0.15) is 19.4 Å². The van der Waals surface area contributed by atoms with Crippen LogP contribution >= 0.6 is 23.2 Å². The number of amides is 2. The zero-order chi connectivity index (χ0) is 27.2. The SMILES string of the molecule is CCNC(=O)C(C)N(Cc1ccc(F)cc1)C(=O)CN(c1ccc(Cl)cc1Cl)S(=O)(=O)c1ccccc1. The van der Waals surface area contributed by atoms with E-state index in [9.17, 15) is 22.4 Å². The van der Waals surface area contributed by atoms with Crippen molar-refractivity contribution in [3.05, 3.63) is 94.2 Å². The summed E-state index contributed by atoms with van der Waals surface area (Å²) in [6, 6.07) is 16.4. The summed E-state index contributed by atoms with van der Waals surface area (Å²) in [6.45, 7) is 2.93. The fourth-order valence-electron chi connectivity index (χ4n) is 3.61. The fourth-order valence-corrected chi connectivity index (χ4v) is 5.62. The van der Waals surface area contributed by atoms with Gasteiger partial charge in [0, 0.05) is 18.1 Å². The van der Waals surface area contributed by atoms with Gasteiger partial charge in [-0.15, -0.1) is 0 Å². The first-order valence-electron chi connectivity index (χ1n) is 11.4. The molecule has 0 bridgehead atoms. The number of rotatable bonds is 10. The van der Waals surface area contributed by atoms with E-state index < -0.39 is 40.2 Å². The molecular weight excluding hydrogens is 540 g/mol. The average molecular weight is 566 g/mol. The van der Waals surface area contributed by atoms with Gasteiger partial charge in [-0.1, -0.05) is 53.5 Å². The predicted molar refractivity (Wildman–Crippen MR) is 143 cm³/mol. The molecule has 3 aromatic rings. The van der Waals surface area contributed by atoms with Crippen molar-refractivity contribution in [2.75, 3.05) is 17.4 Å². The topological polar surface area (TPSA) is 86.8 Å². The molecule has 0 saturated carbocycles. The van der Waals surface area contributed by atoms with Gasteiger partial charge in [0.15, 0.2) is 0 Å². The Kier molecular flexibility index (Phi) is 9.53. The smallest absolute Gasteiger partial charge is 0.264 e. The van der Waals surface area contributed by atoms with E-state index >= 15 is 0 Å². The molecule has 0 aliphatic heterocycles. The van der Waals surface area contributed by atoms with Crippen LogP contribution in [-0.4, -0.2) is 44.3 Å². The lowest BCUT2D eigenvalue weighted by Crippen LogP contribution is -2.51. The third-order valence-corrected chi connectivity index (χ3v) is 7.88. The van der Waals surface area contributed by atoms with Gasteiger partial charge in [-0.2, -0.15) is 0 Å². The molecule has 0 fully saturated rings. The maximum Gasteiger partial charge on any atom is 0.264 e. The Hall–Kier alpha value is -3.14.